The van der Waals surface area contributed by atoms with Crippen LogP contribution in [0.2, 0.25) is 0 Å². The highest BCUT2D eigenvalue weighted by Crippen LogP contribution is 2.21. The minimum absolute atomic E-state index is 0.148. The Morgan fingerprint density at radius 2 is 1.75 bits per heavy atom. The zero-order chi connectivity index (χ0) is 26.0. The lowest BCUT2D eigenvalue weighted by Crippen LogP contribution is -2.49. The van der Waals surface area contributed by atoms with E-state index in [1.165, 1.54) is 33.5 Å². The van der Waals surface area contributed by atoms with E-state index < -0.39 is 16.1 Å². The molecule has 10 nitrogen and oxygen atoms in total. The van der Waals surface area contributed by atoms with Gasteiger partial charge >= 0.3 is 0 Å². The first-order valence-corrected chi connectivity index (χ1v) is 13.2. The summed E-state index contributed by atoms with van der Waals surface area (Å²) in [7, 11) is -2.07. The smallest absolute Gasteiger partial charge is 0.261 e. The standard InChI is InChI=1S/C25H33N3O7S/c1-20(25(30)26-12-15-33-2)28(18-21-6-4-3-5-7-21)24(29)19-35-22-8-10-23(11-9-22)36(31,32)27-13-16-34-17-14-27/h3-11,20H,12-19H2,1-2H3,(H,26,30)/t20-/m1/s1. The fourth-order valence-electron chi connectivity index (χ4n) is 3.66. The third kappa shape index (κ3) is 7.50. The number of carbonyl (C=O) groups is 2. The SMILES string of the molecule is COCCNC(=O)[C@@H](C)N(Cc1ccccc1)C(=O)COc1ccc(S(=O)(=O)N2CCOCC2)cc1. The predicted octanol–water partition coefficient (Wildman–Crippen LogP) is 1.27. The van der Waals surface area contributed by atoms with E-state index in [-0.39, 0.29) is 29.9 Å². The molecular formula is C25H33N3O7S. The summed E-state index contributed by atoms with van der Waals surface area (Å²) in [5, 5.41) is 2.76. The van der Waals surface area contributed by atoms with E-state index in [4.69, 9.17) is 14.2 Å². The molecule has 1 saturated heterocycles. The molecule has 2 amide bonds. The molecule has 1 N–H and O–H groups in total. The number of rotatable bonds is 12. The van der Waals surface area contributed by atoms with Crippen LogP contribution in [-0.2, 0) is 35.6 Å². The normalized spacial score (nSPS) is 15.2. The van der Waals surface area contributed by atoms with Crippen molar-refractivity contribution in [1.29, 1.82) is 0 Å². The summed E-state index contributed by atoms with van der Waals surface area (Å²) in [6, 6.07) is 14.6. The van der Waals surface area contributed by atoms with Crippen LogP contribution in [0.5, 0.6) is 5.75 Å². The van der Waals surface area contributed by atoms with Gasteiger partial charge in [-0.15, -0.1) is 0 Å². The lowest BCUT2D eigenvalue weighted by Gasteiger charge is -2.28. The first kappa shape index (κ1) is 27.6. The average molecular weight is 520 g/mol. The van der Waals surface area contributed by atoms with E-state index in [2.05, 4.69) is 5.32 Å². The summed E-state index contributed by atoms with van der Waals surface area (Å²) in [4.78, 5) is 27.3. The van der Waals surface area contributed by atoms with Gasteiger partial charge in [-0.05, 0) is 36.8 Å². The third-order valence-electron chi connectivity index (χ3n) is 5.76. The van der Waals surface area contributed by atoms with Crippen molar-refractivity contribution in [3.8, 4) is 5.75 Å². The monoisotopic (exact) mass is 519 g/mol. The van der Waals surface area contributed by atoms with Gasteiger partial charge in [-0.1, -0.05) is 30.3 Å². The molecule has 0 radical (unpaired) electrons. The van der Waals surface area contributed by atoms with Crippen molar-refractivity contribution in [3.05, 3.63) is 60.2 Å². The lowest BCUT2D eigenvalue weighted by atomic mass is 10.1. The van der Waals surface area contributed by atoms with E-state index in [0.29, 0.717) is 45.2 Å². The summed E-state index contributed by atoms with van der Waals surface area (Å²) >= 11 is 0. The number of benzene rings is 2. The predicted molar refractivity (Wildman–Crippen MR) is 133 cm³/mol. The topological polar surface area (TPSA) is 114 Å². The highest BCUT2D eigenvalue weighted by molar-refractivity contribution is 7.89. The first-order chi connectivity index (χ1) is 17.3. The molecule has 1 aliphatic rings. The second-order valence-corrected chi connectivity index (χ2v) is 10.2. The van der Waals surface area contributed by atoms with Crippen molar-refractivity contribution in [2.24, 2.45) is 0 Å². The van der Waals surface area contributed by atoms with Crippen molar-refractivity contribution in [3.63, 3.8) is 0 Å². The molecular weight excluding hydrogens is 486 g/mol. The Bertz CT molecular complexity index is 1090. The number of sulfonamides is 1. The Morgan fingerprint density at radius 1 is 1.08 bits per heavy atom. The number of hydrogen-bond donors (Lipinski definition) is 1. The Morgan fingerprint density at radius 3 is 2.39 bits per heavy atom. The van der Waals surface area contributed by atoms with Gasteiger partial charge in [-0.2, -0.15) is 4.31 Å². The number of methoxy groups -OCH3 is 1. The Hall–Kier alpha value is -2.99. The van der Waals surface area contributed by atoms with Gasteiger partial charge in [-0.3, -0.25) is 9.59 Å². The van der Waals surface area contributed by atoms with Crippen LogP contribution in [0, 0.1) is 0 Å². The number of carbonyl (C=O) groups excluding carboxylic acids is 2. The number of amides is 2. The van der Waals surface area contributed by atoms with Crippen LogP contribution in [0.15, 0.2) is 59.5 Å². The third-order valence-corrected chi connectivity index (χ3v) is 7.68. The van der Waals surface area contributed by atoms with Crippen LogP contribution in [0.4, 0.5) is 0 Å². The molecule has 1 aliphatic heterocycles. The second kappa shape index (κ2) is 13.4. The fraction of sp³-hybridized carbons (Fsp3) is 0.440. The Balaban J connectivity index is 1.65. The number of nitrogens with one attached hydrogen (secondary N) is 1. The molecule has 0 saturated carbocycles. The molecule has 0 bridgehead atoms. The van der Waals surface area contributed by atoms with Crippen molar-refractivity contribution in [2.75, 3.05) is 53.2 Å². The summed E-state index contributed by atoms with van der Waals surface area (Å²) in [5.74, 6) is -0.326. The minimum Gasteiger partial charge on any atom is -0.484 e. The zero-order valence-electron chi connectivity index (χ0n) is 20.6. The maximum Gasteiger partial charge on any atom is 0.261 e. The highest BCUT2D eigenvalue weighted by atomic mass is 32.2. The van der Waals surface area contributed by atoms with Gasteiger partial charge < -0.3 is 24.4 Å². The van der Waals surface area contributed by atoms with Gasteiger partial charge in [0.2, 0.25) is 15.9 Å². The molecule has 0 unspecified atom stereocenters. The van der Waals surface area contributed by atoms with Gasteiger partial charge in [0, 0.05) is 33.3 Å². The maximum atomic E-state index is 13.1. The zero-order valence-corrected chi connectivity index (χ0v) is 21.4. The van der Waals surface area contributed by atoms with E-state index in [9.17, 15) is 18.0 Å². The molecule has 2 aromatic carbocycles. The fourth-order valence-corrected chi connectivity index (χ4v) is 5.07. The number of ether oxygens (including phenoxy) is 3. The van der Waals surface area contributed by atoms with E-state index in [1.807, 2.05) is 30.3 Å². The van der Waals surface area contributed by atoms with Crippen LogP contribution >= 0.6 is 0 Å². The van der Waals surface area contributed by atoms with E-state index in [1.54, 1.807) is 14.0 Å². The number of morpholine rings is 1. The molecule has 1 atom stereocenters. The molecule has 196 valence electrons. The lowest BCUT2D eigenvalue weighted by molar-refractivity contribution is -0.142. The van der Waals surface area contributed by atoms with Crippen LogP contribution < -0.4 is 10.1 Å². The molecule has 1 heterocycles. The van der Waals surface area contributed by atoms with Crippen molar-refractivity contribution >= 4 is 21.8 Å². The maximum absolute atomic E-state index is 13.1. The van der Waals surface area contributed by atoms with Gasteiger partial charge in [0.1, 0.15) is 11.8 Å². The van der Waals surface area contributed by atoms with Gasteiger partial charge in [-0.25, -0.2) is 8.42 Å². The molecule has 3 rings (SSSR count). The van der Waals surface area contributed by atoms with E-state index in [0.717, 1.165) is 5.56 Å². The number of hydrogen-bond acceptors (Lipinski definition) is 7. The van der Waals surface area contributed by atoms with Gasteiger partial charge in [0.05, 0.1) is 24.7 Å². The largest absolute Gasteiger partial charge is 0.484 e. The van der Waals surface area contributed by atoms with Gasteiger partial charge in [0.15, 0.2) is 6.61 Å². The van der Waals surface area contributed by atoms with Crippen LogP contribution in [0.25, 0.3) is 0 Å². The Labute approximate surface area is 212 Å². The molecule has 11 heteroatoms. The van der Waals surface area contributed by atoms with E-state index >= 15 is 0 Å². The van der Waals surface area contributed by atoms with Gasteiger partial charge in [0.25, 0.3) is 5.91 Å². The highest BCUT2D eigenvalue weighted by Gasteiger charge is 2.28. The molecule has 0 aliphatic carbocycles. The molecule has 1 fully saturated rings. The van der Waals surface area contributed by atoms with Crippen molar-refractivity contribution in [1.82, 2.24) is 14.5 Å². The summed E-state index contributed by atoms with van der Waals surface area (Å²) in [5.41, 5.74) is 0.875. The molecule has 36 heavy (non-hydrogen) atoms. The molecule has 2 aromatic rings. The molecule has 0 aromatic heterocycles. The summed E-state index contributed by atoms with van der Waals surface area (Å²) in [6.07, 6.45) is 0. The van der Waals surface area contributed by atoms with Crippen LogP contribution in [-0.4, -0.2) is 88.7 Å². The average Bonchev–Trinajstić information content (AvgIpc) is 2.91. The van der Waals surface area contributed by atoms with Crippen molar-refractivity contribution < 1.29 is 32.2 Å². The van der Waals surface area contributed by atoms with Crippen LogP contribution in [0.1, 0.15) is 12.5 Å². The quantitative estimate of drug-likeness (QED) is 0.420. The number of nitrogens with zero attached hydrogens (tertiary/aromatic N) is 2. The second-order valence-electron chi connectivity index (χ2n) is 8.24. The summed E-state index contributed by atoms with van der Waals surface area (Å²) in [6.45, 7) is 3.64. The van der Waals surface area contributed by atoms with Crippen molar-refractivity contribution in [2.45, 2.75) is 24.4 Å². The minimum atomic E-state index is -3.62. The molecule has 0 spiro atoms. The summed E-state index contributed by atoms with van der Waals surface area (Å²) < 4.78 is 42.8. The first-order valence-electron chi connectivity index (χ1n) is 11.7. The van der Waals surface area contributed by atoms with Crippen LogP contribution in [0.3, 0.4) is 0 Å². The Kier molecular flexibility index (Phi) is 10.2.